The van der Waals surface area contributed by atoms with Crippen LogP contribution in [0.4, 0.5) is 0 Å². The molecule has 2 N–H and O–H groups in total. The van der Waals surface area contributed by atoms with Gasteiger partial charge in [0.05, 0.1) is 18.5 Å². The molecule has 2 heterocycles. The average Bonchev–Trinajstić information content (AvgIpc) is 2.91. The Bertz CT molecular complexity index is 543. The van der Waals surface area contributed by atoms with Crippen LogP contribution in [0.2, 0.25) is 0 Å². The molecule has 1 unspecified atom stereocenters. The molecule has 0 spiro atoms. The first-order valence-corrected chi connectivity index (χ1v) is 8.69. The summed E-state index contributed by atoms with van der Waals surface area (Å²) in [4.78, 5) is 0.287. The molecular formula is C13H24N4O3S. The van der Waals surface area contributed by atoms with Crippen LogP contribution in [0.3, 0.4) is 0 Å². The second-order valence-corrected chi connectivity index (χ2v) is 7.33. The molecule has 0 aromatic carbocycles. The van der Waals surface area contributed by atoms with E-state index in [1.54, 1.807) is 18.3 Å². The first-order valence-electron chi connectivity index (χ1n) is 7.25. The van der Waals surface area contributed by atoms with Gasteiger partial charge >= 0.3 is 0 Å². The Morgan fingerprint density at radius 3 is 3.05 bits per heavy atom. The predicted molar refractivity (Wildman–Crippen MR) is 79.6 cm³/mol. The van der Waals surface area contributed by atoms with Gasteiger partial charge in [0.1, 0.15) is 4.90 Å². The quantitative estimate of drug-likeness (QED) is 0.709. The van der Waals surface area contributed by atoms with E-state index in [4.69, 9.17) is 4.74 Å². The van der Waals surface area contributed by atoms with Crippen molar-refractivity contribution in [2.24, 2.45) is 5.92 Å². The van der Waals surface area contributed by atoms with E-state index in [-0.39, 0.29) is 4.90 Å². The lowest BCUT2D eigenvalue weighted by atomic mass is 10.00. The first kappa shape index (κ1) is 16.4. The fourth-order valence-electron chi connectivity index (χ4n) is 2.63. The number of aromatic nitrogens is 2. The number of H-pyrrole nitrogens is 1. The maximum Gasteiger partial charge on any atom is 0.246 e. The van der Waals surface area contributed by atoms with Crippen molar-refractivity contribution in [3.8, 4) is 0 Å². The average molecular weight is 316 g/mol. The zero-order valence-electron chi connectivity index (χ0n) is 12.6. The van der Waals surface area contributed by atoms with Gasteiger partial charge in [-0.2, -0.15) is 9.40 Å². The van der Waals surface area contributed by atoms with Gasteiger partial charge in [-0.25, -0.2) is 8.42 Å². The third kappa shape index (κ3) is 4.03. The molecule has 1 fully saturated rings. The van der Waals surface area contributed by atoms with Crippen molar-refractivity contribution in [2.45, 2.75) is 24.7 Å². The van der Waals surface area contributed by atoms with Crippen LogP contribution in [-0.4, -0.2) is 62.8 Å². The third-order valence-electron chi connectivity index (χ3n) is 3.80. The lowest BCUT2D eigenvalue weighted by Gasteiger charge is -2.31. The van der Waals surface area contributed by atoms with Gasteiger partial charge in [-0.3, -0.25) is 5.10 Å². The van der Waals surface area contributed by atoms with E-state index in [1.165, 1.54) is 6.20 Å². The number of ether oxygens (including phenoxy) is 1. The second-order valence-electron chi connectivity index (χ2n) is 5.43. The Hall–Kier alpha value is -0.960. The number of nitrogens with zero attached hydrogens (tertiary/aromatic N) is 2. The van der Waals surface area contributed by atoms with Crippen LogP contribution >= 0.6 is 0 Å². The van der Waals surface area contributed by atoms with Crippen LogP contribution in [-0.2, 0) is 14.8 Å². The summed E-state index contributed by atoms with van der Waals surface area (Å²) in [7, 11) is -1.76. The summed E-state index contributed by atoms with van der Waals surface area (Å²) in [5.74, 6) is 0.345. The summed E-state index contributed by atoms with van der Waals surface area (Å²) in [6.45, 7) is 5.16. The lowest BCUT2D eigenvalue weighted by Crippen LogP contribution is -2.43. The van der Waals surface area contributed by atoms with Gasteiger partial charge in [0.15, 0.2) is 0 Å². The number of nitrogens with one attached hydrogen (secondary N) is 2. The van der Waals surface area contributed by atoms with E-state index in [1.807, 2.05) is 0 Å². The summed E-state index contributed by atoms with van der Waals surface area (Å²) in [6.07, 6.45) is 3.34. The predicted octanol–water partition coefficient (Wildman–Crippen LogP) is 0.355. The zero-order chi connectivity index (χ0) is 15.3. The van der Waals surface area contributed by atoms with Crippen LogP contribution in [0.1, 0.15) is 18.5 Å². The van der Waals surface area contributed by atoms with Gasteiger partial charge in [0.2, 0.25) is 10.0 Å². The molecule has 120 valence electrons. The molecule has 1 atom stereocenters. The number of rotatable bonds is 7. The molecule has 1 aromatic heterocycles. The van der Waals surface area contributed by atoms with Crippen LogP contribution in [0.5, 0.6) is 0 Å². The normalized spacial score (nSPS) is 20.8. The van der Waals surface area contributed by atoms with Crippen LogP contribution in [0.15, 0.2) is 11.1 Å². The van der Waals surface area contributed by atoms with Crippen LogP contribution in [0.25, 0.3) is 0 Å². The fourth-order valence-corrected chi connectivity index (χ4v) is 4.30. The molecule has 0 radical (unpaired) electrons. The number of methoxy groups -OCH3 is 1. The van der Waals surface area contributed by atoms with Crippen molar-refractivity contribution in [1.29, 1.82) is 0 Å². The van der Waals surface area contributed by atoms with Gasteiger partial charge in [-0.05, 0) is 32.2 Å². The molecule has 1 aromatic rings. The van der Waals surface area contributed by atoms with E-state index >= 15 is 0 Å². The first-order chi connectivity index (χ1) is 10.1. The summed E-state index contributed by atoms with van der Waals surface area (Å²) in [6, 6.07) is 0. The maximum absolute atomic E-state index is 12.6. The molecule has 21 heavy (non-hydrogen) atoms. The Morgan fingerprint density at radius 1 is 1.57 bits per heavy atom. The third-order valence-corrected chi connectivity index (χ3v) is 5.78. The minimum absolute atomic E-state index is 0.287. The van der Waals surface area contributed by atoms with E-state index in [9.17, 15) is 8.42 Å². The summed E-state index contributed by atoms with van der Waals surface area (Å²) < 4.78 is 31.8. The molecule has 0 aliphatic carbocycles. The van der Waals surface area contributed by atoms with E-state index in [2.05, 4.69) is 15.5 Å². The molecule has 0 bridgehead atoms. The molecule has 7 nitrogen and oxygen atoms in total. The number of piperidine rings is 1. The van der Waals surface area contributed by atoms with Crippen LogP contribution in [0, 0.1) is 12.8 Å². The molecule has 2 rings (SSSR count). The van der Waals surface area contributed by atoms with Crippen molar-refractivity contribution in [3.05, 3.63) is 11.9 Å². The van der Waals surface area contributed by atoms with Crippen molar-refractivity contribution in [3.63, 3.8) is 0 Å². The summed E-state index contributed by atoms with van der Waals surface area (Å²) in [5.41, 5.74) is 0.593. The molecule has 1 aliphatic rings. The molecule has 1 saturated heterocycles. The van der Waals surface area contributed by atoms with E-state index in [0.717, 1.165) is 25.9 Å². The number of sulfonamides is 1. The zero-order valence-corrected chi connectivity index (χ0v) is 13.4. The Kier molecular flexibility index (Phi) is 5.74. The number of aromatic amines is 1. The van der Waals surface area contributed by atoms with E-state index < -0.39 is 10.0 Å². The molecule has 0 saturated carbocycles. The van der Waals surface area contributed by atoms with Gasteiger partial charge in [-0.15, -0.1) is 0 Å². The van der Waals surface area contributed by atoms with Crippen molar-refractivity contribution >= 4 is 10.0 Å². The topological polar surface area (TPSA) is 87.3 Å². The minimum Gasteiger partial charge on any atom is -0.383 e. The van der Waals surface area contributed by atoms with E-state index in [0.29, 0.717) is 31.3 Å². The highest BCUT2D eigenvalue weighted by molar-refractivity contribution is 7.89. The van der Waals surface area contributed by atoms with Crippen molar-refractivity contribution in [2.75, 3.05) is 39.9 Å². The van der Waals surface area contributed by atoms with Crippen molar-refractivity contribution < 1.29 is 13.2 Å². The number of aryl methyl sites for hydroxylation is 1. The summed E-state index contributed by atoms with van der Waals surface area (Å²) >= 11 is 0. The summed E-state index contributed by atoms with van der Waals surface area (Å²) in [5, 5.41) is 9.82. The second kappa shape index (κ2) is 7.35. The lowest BCUT2D eigenvalue weighted by molar-refractivity contribution is 0.193. The van der Waals surface area contributed by atoms with Gasteiger partial charge in [-0.1, -0.05) is 0 Å². The van der Waals surface area contributed by atoms with Crippen molar-refractivity contribution in [1.82, 2.24) is 19.8 Å². The Balaban J connectivity index is 1.96. The highest BCUT2D eigenvalue weighted by atomic mass is 32.2. The smallest absolute Gasteiger partial charge is 0.246 e. The van der Waals surface area contributed by atoms with Gasteiger partial charge < -0.3 is 10.1 Å². The standard InChI is InChI=1S/C13H24N4O3S/c1-11-13(9-15-16-11)21(18,19)17-6-3-4-12(10-17)8-14-5-7-20-2/h9,12,14H,3-8,10H2,1-2H3,(H,15,16). The highest BCUT2D eigenvalue weighted by Gasteiger charge is 2.31. The maximum atomic E-state index is 12.6. The largest absolute Gasteiger partial charge is 0.383 e. The minimum atomic E-state index is -3.43. The molecule has 0 amide bonds. The monoisotopic (exact) mass is 316 g/mol. The Labute approximate surface area is 126 Å². The SMILES string of the molecule is COCCNCC1CCCN(S(=O)(=O)c2cn[nH]c2C)C1. The number of hydrogen-bond donors (Lipinski definition) is 2. The fraction of sp³-hybridized carbons (Fsp3) is 0.769. The molecular weight excluding hydrogens is 292 g/mol. The Morgan fingerprint density at radius 2 is 2.38 bits per heavy atom. The number of hydrogen-bond acceptors (Lipinski definition) is 5. The molecule has 8 heteroatoms. The van der Waals surface area contributed by atoms with Crippen LogP contribution < -0.4 is 5.32 Å². The van der Waals surface area contributed by atoms with Gasteiger partial charge in [0.25, 0.3) is 0 Å². The highest BCUT2D eigenvalue weighted by Crippen LogP contribution is 2.24. The molecule has 1 aliphatic heterocycles. The van der Waals surface area contributed by atoms with Gasteiger partial charge in [0, 0.05) is 26.7 Å².